The van der Waals surface area contributed by atoms with Gasteiger partial charge in [-0.25, -0.2) is 8.42 Å². The summed E-state index contributed by atoms with van der Waals surface area (Å²) < 4.78 is 74.6. The van der Waals surface area contributed by atoms with E-state index in [1.165, 1.54) is 37.7 Å². The number of rotatable bonds is 7. The fraction of sp³-hybridized carbons (Fsp3) is 0.333. The van der Waals surface area contributed by atoms with Gasteiger partial charge >= 0.3 is 6.18 Å². The van der Waals surface area contributed by atoms with Crippen molar-refractivity contribution < 1.29 is 31.1 Å². The Morgan fingerprint density at radius 1 is 1.12 bits per heavy atom. The fourth-order valence-corrected chi connectivity index (χ4v) is 4.23. The second-order valence-corrected chi connectivity index (χ2v) is 7.75. The molecule has 0 aliphatic heterocycles. The van der Waals surface area contributed by atoms with Crippen molar-refractivity contribution in [2.24, 2.45) is 0 Å². The summed E-state index contributed by atoms with van der Waals surface area (Å²) in [4.78, 5) is -0.301. The van der Waals surface area contributed by atoms with Gasteiger partial charge in [-0.1, -0.05) is 0 Å². The third kappa shape index (κ3) is 4.86. The van der Waals surface area contributed by atoms with Crippen LogP contribution in [0.3, 0.4) is 0 Å². The van der Waals surface area contributed by atoms with E-state index in [2.05, 4.69) is 0 Å². The van der Waals surface area contributed by atoms with E-state index < -0.39 is 22.7 Å². The van der Waals surface area contributed by atoms with Crippen molar-refractivity contribution in [1.29, 1.82) is 0 Å². The highest BCUT2D eigenvalue weighted by Gasteiger charge is 2.37. The zero-order valence-electron chi connectivity index (χ0n) is 13.4. The molecular weight excluding hydrogens is 379 g/mol. The van der Waals surface area contributed by atoms with Crippen molar-refractivity contribution in [2.75, 3.05) is 20.8 Å². The van der Waals surface area contributed by atoms with Gasteiger partial charge in [0.25, 0.3) is 0 Å². The minimum Gasteiger partial charge on any atom is -0.493 e. The number of methoxy groups -OCH3 is 2. The van der Waals surface area contributed by atoms with Gasteiger partial charge in [-0.2, -0.15) is 28.8 Å². The molecule has 0 unspecified atom stereocenters. The Morgan fingerprint density at radius 3 is 2.32 bits per heavy atom. The van der Waals surface area contributed by atoms with Crippen molar-refractivity contribution in [3.63, 3.8) is 0 Å². The standard InChI is InChI=1S/C15H16F3NO4S2/c1-22-13-4-3-12(7-14(13)23-2)25(20,21)19(10-15(16,17)18)8-11-5-6-24-9-11/h3-7,9H,8,10H2,1-2H3. The number of hydrogen-bond acceptors (Lipinski definition) is 5. The van der Waals surface area contributed by atoms with Gasteiger partial charge < -0.3 is 9.47 Å². The van der Waals surface area contributed by atoms with E-state index in [0.29, 0.717) is 9.87 Å². The van der Waals surface area contributed by atoms with Crippen LogP contribution in [-0.2, 0) is 16.6 Å². The molecule has 0 radical (unpaired) electrons. The molecule has 0 fully saturated rings. The molecule has 0 aliphatic carbocycles. The van der Waals surface area contributed by atoms with Crippen LogP contribution in [0.5, 0.6) is 11.5 Å². The van der Waals surface area contributed by atoms with Crippen LogP contribution < -0.4 is 9.47 Å². The van der Waals surface area contributed by atoms with Crippen molar-refractivity contribution in [2.45, 2.75) is 17.6 Å². The van der Waals surface area contributed by atoms with Crippen LogP contribution in [0.4, 0.5) is 13.2 Å². The third-order valence-corrected chi connectivity index (χ3v) is 5.81. The summed E-state index contributed by atoms with van der Waals surface area (Å²) in [5.74, 6) is 0.396. The maximum absolute atomic E-state index is 12.9. The molecule has 1 aromatic heterocycles. The highest BCUT2D eigenvalue weighted by molar-refractivity contribution is 7.89. The van der Waals surface area contributed by atoms with Crippen LogP contribution in [0, 0.1) is 0 Å². The highest BCUT2D eigenvalue weighted by Crippen LogP contribution is 2.32. The van der Waals surface area contributed by atoms with E-state index in [0.717, 1.165) is 6.07 Å². The first kappa shape index (κ1) is 19.5. The van der Waals surface area contributed by atoms with Gasteiger partial charge in [-0.15, -0.1) is 0 Å². The minimum atomic E-state index is -4.67. The van der Waals surface area contributed by atoms with Crippen LogP contribution in [0.2, 0.25) is 0 Å². The average Bonchev–Trinajstić information content (AvgIpc) is 3.05. The number of nitrogens with zero attached hydrogens (tertiary/aromatic N) is 1. The molecule has 0 saturated carbocycles. The number of hydrogen-bond donors (Lipinski definition) is 0. The Bertz CT molecular complexity index is 805. The van der Waals surface area contributed by atoms with Gasteiger partial charge in [0, 0.05) is 12.6 Å². The largest absolute Gasteiger partial charge is 0.493 e. The normalized spacial score (nSPS) is 12.4. The number of ether oxygens (including phenoxy) is 2. The molecule has 2 rings (SSSR count). The number of halogens is 3. The minimum absolute atomic E-state index is 0.117. The van der Waals surface area contributed by atoms with Gasteiger partial charge in [0.05, 0.1) is 19.1 Å². The molecule has 0 bridgehead atoms. The summed E-state index contributed by atoms with van der Waals surface area (Å²) in [6.45, 7) is -1.96. The van der Waals surface area contributed by atoms with Gasteiger partial charge in [0.1, 0.15) is 6.54 Å². The van der Waals surface area contributed by atoms with Crippen LogP contribution in [0.25, 0.3) is 0 Å². The van der Waals surface area contributed by atoms with Crippen molar-refractivity contribution in [3.8, 4) is 11.5 Å². The lowest BCUT2D eigenvalue weighted by molar-refractivity contribution is -0.136. The van der Waals surface area contributed by atoms with E-state index in [4.69, 9.17) is 9.47 Å². The lowest BCUT2D eigenvalue weighted by atomic mass is 10.3. The maximum atomic E-state index is 12.9. The summed E-state index contributed by atoms with van der Waals surface area (Å²) >= 11 is 1.28. The lowest BCUT2D eigenvalue weighted by Crippen LogP contribution is -2.38. The first-order valence-electron chi connectivity index (χ1n) is 6.97. The molecule has 0 N–H and O–H groups in total. The first-order valence-corrected chi connectivity index (χ1v) is 9.35. The van der Waals surface area contributed by atoms with Gasteiger partial charge in [0.15, 0.2) is 11.5 Å². The molecule has 25 heavy (non-hydrogen) atoms. The molecule has 0 atom stereocenters. The average molecular weight is 395 g/mol. The number of benzene rings is 1. The summed E-state index contributed by atoms with van der Waals surface area (Å²) in [6.07, 6.45) is -4.67. The van der Waals surface area contributed by atoms with Crippen molar-refractivity contribution in [3.05, 3.63) is 40.6 Å². The van der Waals surface area contributed by atoms with Gasteiger partial charge in [-0.3, -0.25) is 0 Å². The Labute approximate surface area is 147 Å². The Morgan fingerprint density at radius 2 is 1.80 bits per heavy atom. The lowest BCUT2D eigenvalue weighted by Gasteiger charge is -2.23. The number of alkyl halides is 3. The molecule has 1 heterocycles. The fourth-order valence-electron chi connectivity index (χ4n) is 2.14. The van der Waals surface area contributed by atoms with Crippen LogP contribution in [-0.4, -0.2) is 39.7 Å². The molecule has 0 spiro atoms. The molecule has 10 heteroatoms. The van der Waals surface area contributed by atoms with E-state index in [1.54, 1.807) is 16.8 Å². The molecular formula is C15H16F3NO4S2. The third-order valence-electron chi connectivity index (χ3n) is 3.29. The summed E-state index contributed by atoms with van der Waals surface area (Å²) in [6, 6.07) is 5.25. The predicted octanol–water partition coefficient (Wildman–Crippen LogP) is 3.52. The summed E-state index contributed by atoms with van der Waals surface area (Å²) in [5.41, 5.74) is 0.485. The Balaban J connectivity index is 2.43. The van der Waals surface area contributed by atoms with E-state index >= 15 is 0 Å². The summed E-state index contributed by atoms with van der Waals surface area (Å²) in [5, 5.41) is 3.28. The van der Waals surface area contributed by atoms with Crippen molar-refractivity contribution in [1.82, 2.24) is 4.31 Å². The Hall–Kier alpha value is -1.78. The Kier molecular flexibility index (Phi) is 5.96. The molecule has 138 valence electrons. The van der Waals surface area contributed by atoms with Crippen molar-refractivity contribution >= 4 is 21.4 Å². The number of thiophene rings is 1. The topological polar surface area (TPSA) is 55.8 Å². The van der Waals surface area contributed by atoms with Gasteiger partial charge in [0.2, 0.25) is 10.0 Å². The molecule has 1 aromatic carbocycles. The monoisotopic (exact) mass is 395 g/mol. The molecule has 0 saturated heterocycles. The SMILES string of the molecule is COc1ccc(S(=O)(=O)N(Cc2ccsc2)CC(F)(F)F)cc1OC. The van der Waals surface area contributed by atoms with E-state index in [9.17, 15) is 21.6 Å². The number of sulfonamides is 1. The molecule has 0 amide bonds. The zero-order chi connectivity index (χ0) is 18.7. The second kappa shape index (κ2) is 7.63. The van der Waals surface area contributed by atoms with Crippen LogP contribution in [0.1, 0.15) is 5.56 Å². The molecule has 5 nitrogen and oxygen atoms in total. The highest BCUT2D eigenvalue weighted by atomic mass is 32.2. The van der Waals surface area contributed by atoms with Crippen LogP contribution >= 0.6 is 11.3 Å². The van der Waals surface area contributed by atoms with E-state index in [1.807, 2.05) is 0 Å². The predicted molar refractivity (Wildman–Crippen MR) is 87.5 cm³/mol. The molecule has 0 aliphatic rings. The maximum Gasteiger partial charge on any atom is 0.402 e. The van der Waals surface area contributed by atoms with E-state index in [-0.39, 0.29) is 22.9 Å². The second-order valence-electron chi connectivity index (χ2n) is 5.04. The quantitative estimate of drug-likeness (QED) is 0.720. The smallest absolute Gasteiger partial charge is 0.402 e. The first-order chi connectivity index (χ1) is 11.7. The zero-order valence-corrected chi connectivity index (χ0v) is 15.0. The van der Waals surface area contributed by atoms with Gasteiger partial charge in [-0.05, 0) is 34.5 Å². The summed E-state index contributed by atoms with van der Waals surface area (Å²) in [7, 11) is -1.70. The molecule has 2 aromatic rings. The van der Waals surface area contributed by atoms with Crippen LogP contribution in [0.15, 0.2) is 39.9 Å².